The van der Waals surface area contributed by atoms with Crippen molar-refractivity contribution in [3.05, 3.63) is 27.2 Å². The maximum atomic E-state index is 12.5. The van der Waals surface area contributed by atoms with Gasteiger partial charge in [0.25, 0.3) is 11.5 Å². The van der Waals surface area contributed by atoms with Crippen LogP contribution < -0.4 is 5.56 Å². The van der Waals surface area contributed by atoms with Gasteiger partial charge in [-0.3, -0.25) is 9.59 Å². The fraction of sp³-hybridized carbons (Fsp3) is 0.615. The average Bonchev–Trinajstić information content (AvgIpc) is 2.84. The third-order valence-corrected chi connectivity index (χ3v) is 3.79. The monoisotopic (exact) mass is 265 g/mol. The summed E-state index contributed by atoms with van der Waals surface area (Å²) in [6, 6.07) is -0.176. The molecule has 104 valence electrons. The van der Waals surface area contributed by atoms with E-state index in [-0.39, 0.29) is 29.7 Å². The highest BCUT2D eigenvalue weighted by Gasteiger charge is 2.31. The second-order valence-corrected chi connectivity index (χ2v) is 4.99. The van der Waals surface area contributed by atoms with E-state index in [2.05, 4.69) is 5.10 Å². The van der Waals surface area contributed by atoms with Crippen LogP contribution in [0, 0.1) is 13.8 Å². The van der Waals surface area contributed by atoms with Gasteiger partial charge < -0.3 is 10.0 Å². The predicted octanol–water partition coefficient (Wildman–Crippen LogP) is -0.00596. The van der Waals surface area contributed by atoms with E-state index < -0.39 is 0 Å². The first-order chi connectivity index (χ1) is 8.97. The molecule has 1 saturated heterocycles. The lowest BCUT2D eigenvalue weighted by Gasteiger charge is -2.23. The summed E-state index contributed by atoms with van der Waals surface area (Å²) in [6.07, 6.45) is 1.64. The summed E-state index contributed by atoms with van der Waals surface area (Å²) in [5.74, 6) is -0.292. The maximum Gasteiger partial charge on any atom is 0.279 e. The van der Waals surface area contributed by atoms with Gasteiger partial charge in [0.05, 0.1) is 18.3 Å². The van der Waals surface area contributed by atoms with Crippen molar-refractivity contribution < 1.29 is 9.90 Å². The lowest BCUT2D eigenvalue weighted by atomic mass is 10.1. The Hall–Kier alpha value is -1.69. The molecule has 1 aliphatic rings. The zero-order valence-corrected chi connectivity index (χ0v) is 11.5. The van der Waals surface area contributed by atoms with Crippen molar-refractivity contribution in [1.82, 2.24) is 14.7 Å². The van der Waals surface area contributed by atoms with Crippen LogP contribution in [0.1, 0.15) is 34.5 Å². The number of likely N-dealkylation sites (tertiary alicyclic amines) is 1. The van der Waals surface area contributed by atoms with Crippen LogP contribution in [0.2, 0.25) is 0 Å². The van der Waals surface area contributed by atoms with E-state index in [1.807, 2.05) is 0 Å². The number of carbonyl (C=O) groups is 1. The van der Waals surface area contributed by atoms with Gasteiger partial charge in [-0.15, -0.1) is 0 Å². The average molecular weight is 265 g/mol. The summed E-state index contributed by atoms with van der Waals surface area (Å²) in [6.45, 7) is 4.04. The van der Waals surface area contributed by atoms with Gasteiger partial charge in [-0.1, -0.05) is 0 Å². The zero-order valence-electron chi connectivity index (χ0n) is 11.5. The fourth-order valence-electron chi connectivity index (χ4n) is 2.54. The smallest absolute Gasteiger partial charge is 0.279 e. The number of aromatic nitrogens is 2. The van der Waals surface area contributed by atoms with Crippen molar-refractivity contribution >= 4 is 5.91 Å². The molecule has 1 atom stereocenters. The molecule has 0 spiro atoms. The van der Waals surface area contributed by atoms with Crippen molar-refractivity contribution in [2.75, 3.05) is 13.2 Å². The third kappa shape index (κ3) is 2.28. The highest BCUT2D eigenvalue weighted by atomic mass is 16.3. The molecule has 2 heterocycles. The van der Waals surface area contributed by atoms with E-state index in [1.165, 1.54) is 4.68 Å². The van der Waals surface area contributed by atoms with Crippen molar-refractivity contribution in [2.24, 2.45) is 7.05 Å². The molecule has 1 fully saturated rings. The van der Waals surface area contributed by atoms with Crippen LogP contribution in [0.4, 0.5) is 0 Å². The molecule has 0 saturated carbocycles. The van der Waals surface area contributed by atoms with Gasteiger partial charge in [0.1, 0.15) is 5.56 Å². The number of nitrogens with zero attached hydrogens (tertiary/aromatic N) is 3. The van der Waals surface area contributed by atoms with Gasteiger partial charge in [0, 0.05) is 13.6 Å². The summed E-state index contributed by atoms with van der Waals surface area (Å²) in [5, 5.41) is 13.4. The fourth-order valence-corrected chi connectivity index (χ4v) is 2.54. The largest absolute Gasteiger partial charge is 0.394 e. The molecule has 0 bridgehead atoms. The minimum atomic E-state index is -0.378. The molecule has 19 heavy (non-hydrogen) atoms. The SMILES string of the molecule is Cc1nn(C)c(=O)c(C(=O)N2CCC[C@@H]2CO)c1C. The second-order valence-electron chi connectivity index (χ2n) is 4.99. The molecule has 0 unspecified atom stereocenters. The van der Waals surface area contributed by atoms with Gasteiger partial charge in [0.2, 0.25) is 0 Å². The topological polar surface area (TPSA) is 75.4 Å². The van der Waals surface area contributed by atoms with Crippen molar-refractivity contribution in [3.8, 4) is 0 Å². The molecule has 1 aliphatic heterocycles. The van der Waals surface area contributed by atoms with Gasteiger partial charge in [-0.05, 0) is 32.3 Å². The van der Waals surface area contributed by atoms with E-state index in [1.54, 1.807) is 25.8 Å². The molecule has 6 heteroatoms. The summed E-state index contributed by atoms with van der Waals surface area (Å²) in [7, 11) is 1.54. The zero-order chi connectivity index (χ0) is 14.2. The number of rotatable bonds is 2. The number of aliphatic hydroxyl groups is 1. The highest BCUT2D eigenvalue weighted by Crippen LogP contribution is 2.20. The molecule has 0 aromatic carbocycles. The molecular weight excluding hydrogens is 246 g/mol. The molecule has 1 N–H and O–H groups in total. The lowest BCUT2D eigenvalue weighted by Crippen LogP contribution is -2.42. The summed E-state index contributed by atoms with van der Waals surface area (Å²) >= 11 is 0. The van der Waals surface area contributed by atoms with Crippen LogP contribution in [0.25, 0.3) is 0 Å². The summed E-state index contributed by atoms with van der Waals surface area (Å²) in [5.41, 5.74) is 1.09. The molecule has 1 amide bonds. The Labute approximate surface area is 111 Å². The minimum Gasteiger partial charge on any atom is -0.394 e. The van der Waals surface area contributed by atoms with Crippen molar-refractivity contribution in [3.63, 3.8) is 0 Å². The number of carbonyl (C=O) groups excluding carboxylic acids is 1. The Morgan fingerprint density at radius 1 is 1.47 bits per heavy atom. The minimum absolute atomic E-state index is 0.0603. The number of aliphatic hydroxyl groups excluding tert-OH is 1. The van der Waals surface area contributed by atoms with Gasteiger partial charge in [-0.25, -0.2) is 4.68 Å². The maximum absolute atomic E-state index is 12.5. The van der Waals surface area contributed by atoms with Crippen LogP contribution in [0.15, 0.2) is 4.79 Å². The molecule has 1 aromatic heterocycles. The van der Waals surface area contributed by atoms with E-state index in [9.17, 15) is 14.7 Å². The van der Waals surface area contributed by atoms with Gasteiger partial charge >= 0.3 is 0 Å². The molecule has 1 aromatic rings. The van der Waals surface area contributed by atoms with Crippen LogP contribution in [0.3, 0.4) is 0 Å². The molecule has 6 nitrogen and oxygen atoms in total. The van der Waals surface area contributed by atoms with Crippen LogP contribution in [-0.4, -0.2) is 44.9 Å². The highest BCUT2D eigenvalue weighted by molar-refractivity contribution is 5.95. The first-order valence-corrected chi connectivity index (χ1v) is 6.43. The Morgan fingerprint density at radius 3 is 2.79 bits per heavy atom. The quantitative estimate of drug-likeness (QED) is 0.816. The normalized spacial score (nSPS) is 18.9. The summed E-state index contributed by atoms with van der Waals surface area (Å²) < 4.78 is 1.19. The van der Waals surface area contributed by atoms with Crippen LogP contribution >= 0.6 is 0 Å². The number of amides is 1. The number of hydrogen-bond acceptors (Lipinski definition) is 4. The van der Waals surface area contributed by atoms with Crippen molar-refractivity contribution in [1.29, 1.82) is 0 Å². The first kappa shape index (κ1) is 13.7. The molecule has 0 radical (unpaired) electrons. The standard InChI is InChI=1S/C13H19N3O3/c1-8-9(2)14-15(3)12(18)11(8)13(19)16-6-4-5-10(16)7-17/h10,17H,4-7H2,1-3H3/t10-/m1/s1. The predicted molar refractivity (Wildman–Crippen MR) is 70.1 cm³/mol. The van der Waals surface area contributed by atoms with Crippen LogP contribution in [-0.2, 0) is 7.05 Å². The van der Waals surface area contributed by atoms with E-state index in [0.717, 1.165) is 12.8 Å². The molecular formula is C13H19N3O3. The van der Waals surface area contributed by atoms with E-state index in [4.69, 9.17) is 0 Å². The van der Waals surface area contributed by atoms with E-state index >= 15 is 0 Å². The first-order valence-electron chi connectivity index (χ1n) is 6.43. The Kier molecular flexibility index (Phi) is 3.71. The van der Waals surface area contributed by atoms with E-state index in [0.29, 0.717) is 17.8 Å². The molecule has 2 rings (SSSR count). The second kappa shape index (κ2) is 5.13. The van der Waals surface area contributed by atoms with Gasteiger partial charge in [-0.2, -0.15) is 5.10 Å². The number of hydrogen-bond donors (Lipinski definition) is 1. The lowest BCUT2D eigenvalue weighted by molar-refractivity contribution is 0.0674. The Balaban J connectivity index is 2.47. The summed E-state index contributed by atoms with van der Waals surface area (Å²) in [4.78, 5) is 26.3. The Bertz CT molecular complexity index is 565. The van der Waals surface area contributed by atoms with Crippen molar-refractivity contribution in [2.45, 2.75) is 32.7 Å². The van der Waals surface area contributed by atoms with Gasteiger partial charge in [0.15, 0.2) is 0 Å². The third-order valence-electron chi connectivity index (χ3n) is 3.79. The van der Waals surface area contributed by atoms with Crippen LogP contribution in [0.5, 0.6) is 0 Å². The molecule has 0 aliphatic carbocycles. The Morgan fingerprint density at radius 2 is 2.16 bits per heavy atom. The number of aryl methyl sites for hydroxylation is 2.